The number of halogens is 1. The standard InChI is InChI=1S/C11H13ClN4/c1-14-7-10-6-11(13)15-16(10)9-4-2-8(12)3-5-9/h2-6,14H,7H2,1H3,(H2,13,15). The van der Waals surface area contributed by atoms with E-state index in [4.69, 9.17) is 17.3 Å². The second-order valence-corrected chi connectivity index (χ2v) is 3.92. The average molecular weight is 237 g/mol. The van der Waals surface area contributed by atoms with Gasteiger partial charge in [0.05, 0.1) is 11.4 Å². The molecule has 0 amide bonds. The maximum absolute atomic E-state index is 5.84. The molecule has 0 unspecified atom stereocenters. The Bertz CT molecular complexity index is 475. The Kier molecular flexibility index (Phi) is 3.12. The summed E-state index contributed by atoms with van der Waals surface area (Å²) in [4.78, 5) is 0. The molecule has 0 bridgehead atoms. The van der Waals surface area contributed by atoms with Crippen molar-refractivity contribution in [1.82, 2.24) is 15.1 Å². The van der Waals surface area contributed by atoms with Crippen molar-refractivity contribution in [2.24, 2.45) is 0 Å². The minimum atomic E-state index is 0.514. The number of benzene rings is 1. The van der Waals surface area contributed by atoms with Crippen LogP contribution in [0.4, 0.5) is 5.82 Å². The van der Waals surface area contributed by atoms with Crippen molar-refractivity contribution in [3.63, 3.8) is 0 Å². The number of nitrogens with one attached hydrogen (secondary N) is 1. The van der Waals surface area contributed by atoms with Gasteiger partial charge in [0, 0.05) is 17.6 Å². The van der Waals surface area contributed by atoms with Crippen LogP contribution in [0.25, 0.3) is 5.69 Å². The summed E-state index contributed by atoms with van der Waals surface area (Å²) >= 11 is 5.84. The summed E-state index contributed by atoms with van der Waals surface area (Å²) in [6, 6.07) is 9.34. The molecule has 0 saturated carbocycles. The molecule has 0 aliphatic heterocycles. The lowest BCUT2D eigenvalue weighted by molar-refractivity contribution is 0.730. The van der Waals surface area contributed by atoms with Gasteiger partial charge >= 0.3 is 0 Å². The smallest absolute Gasteiger partial charge is 0.146 e. The Morgan fingerprint density at radius 1 is 1.38 bits per heavy atom. The van der Waals surface area contributed by atoms with Gasteiger partial charge in [-0.25, -0.2) is 4.68 Å². The molecule has 2 rings (SSSR count). The zero-order chi connectivity index (χ0) is 11.5. The van der Waals surface area contributed by atoms with Gasteiger partial charge in [-0.3, -0.25) is 0 Å². The number of hydrogen-bond donors (Lipinski definition) is 2. The van der Waals surface area contributed by atoms with Crippen LogP contribution in [0.2, 0.25) is 5.02 Å². The number of nitrogen functional groups attached to an aromatic ring is 1. The molecule has 0 fully saturated rings. The monoisotopic (exact) mass is 236 g/mol. The minimum Gasteiger partial charge on any atom is -0.382 e. The van der Waals surface area contributed by atoms with Gasteiger partial charge in [-0.2, -0.15) is 5.10 Å². The molecule has 0 spiro atoms. The van der Waals surface area contributed by atoms with Crippen molar-refractivity contribution < 1.29 is 0 Å². The fourth-order valence-electron chi connectivity index (χ4n) is 1.55. The van der Waals surface area contributed by atoms with Crippen LogP contribution in [0.3, 0.4) is 0 Å². The summed E-state index contributed by atoms with van der Waals surface area (Å²) in [5.74, 6) is 0.514. The largest absolute Gasteiger partial charge is 0.382 e. The van der Waals surface area contributed by atoms with Crippen molar-refractivity contribution in [3.8, 4) is 5.69 Å². The Balaban J connectivity index is 2.42. The van der Waals surface area contributed by atoms with Crippen LogP contribution in [0.5, 0.6) is 0 Å². The van der Waals surface area contributed by atoms with Gasteiger partial charge in [-0.15, -0.1) is 0 Å². The van der Waals surface area contributed by atoms with Crippen molar-refractivity contribution in [2.45, 2.75) is 6.54 Å². The van der Waals surface area contributed by atoms with Gasteiger partial charge in [-0.05, 0) is 31.3 Å². The van der Waals surface area contributed by atoms with Crippen molar-refractivity contribution in [1.29, 1.82) is 0 Å². The summed E-state index contributed by atoms with van der Waals surface area (Å²) in [5.41, 5.74) is 7.66. The Morgan fingerprint density at radius 2 is 2.06 bits per heavy atom. The quantitative estimate of drug-likeness (QED) is 0.855. The molecule has 16 heavy (non-hydrogen) atoms. The fraction of sp³-hybridized carbons (Fsp3) is 0.182. The highest BCUT2D eigenvalue weighted by Crippen LogP contribution is 2.16. The number of anilines is 1. The van der Waals surface area contributed by atoms with E-state index < -0.39 is 0 Å². The summed E-state index contributed by atoms with van der Waals surface area (Å²) in [6.07, 6.45) is 0. The van der Waals surface area contributed by atoms with E-state index in [1.165, 1.54) is 0 Å². The van der Waals surface area contributed by atoms with Gasteiger partial charge in [0.15, 0.2) is 0 Å². The molecule has 2 aromatic rings. The van der Waals surface area contributed by atoms with Crippen molar-refractivity contribution >= 4 is 17.4 Å². The highest BCUT2D eigenvalue weighted by molar-refractivity contribution is 6.30. The molecule has 1 heterocycles. The van der Waals surface area contributed by atoms with Gasteiger partial charge in [-0.1, -0.05) is 11.6 Å². The molecule has 0 atom stereocenters. The van der Waals surface area contributed by atoms with Crippen LogP contribution in [-0.2, 0) is 6.54 Å². The molecule has 1 aromatic heterocycles. The highest BCUT2D eigenvalue weighted by Gasteiger charge is 2.06. The maximum atomic E-state index is 5.84. The third kappa shape index (κ3) is 2.18. The van der Waals surface area contributed by atoms with E-state index in [2.05, 4.69) is 10.4 Å². The van der Waals surface area contributed by atoms with E-state index in [9.17, 15) is 0 Å². The number of nitrogens with two attached hydrogens (primary N) is 1. The van der Waals surface area contributed by atoms with E-state index in [0.717, 1.165) is 11.4 Å². The molecule has 0 aliphatic carbocycles. The molecule has 0 saturated heterocycles. The van der Waals surface area contributed by atoms with Gasteiger partial charge in [0.2, 0.25) is 0 Å². The lowest BCUT2D eigenvalue weighted by Gasteiger charge is -2.06. The zero-order valence-corrected chi connectivity index (χ0v) is 9.70. The highest BCUT2D eigenvalue weighted by atomic mass is 35.5. The maximum Gasteiger partial charge on any atom is 0.146 e. The first-order valence-electron chi connectivity index (χ1n) is 4.95. The predicted molar refractivity (Wildman–Crippen MR) is 65.8 cm³/mol. The SMILES string of the molecule is CNCc1cc(N)nn1-c1ccc(Cl)cc1. The van der Waals surface area contributed by atoms with Crippen LogP contribution in [0.15, 0.2) is 30.3 Å². The fourth-order valence-corrected chi connectivity index (χ4v) is 1.68. The van der Waals surface area contributed by atoms with Crippen molar-refractivity contribution in [3.05, 3.63) is 41.0 Å². The lowest BCUT2D eigenvalue weighted by atomic mass is 10.3. The molecule has 0 aliphatic rings. The summed E-state index contributed by atoms with van der Waals surface area (Å²) in [7, 11) is 1.88. The average Bonchev–Trinajstić information content (AvgIpc) is 2.61. The van der Waals surface area contributed by atoms with E-state index in [-0.39, 0.29) is 0 Å². The Morgan fingerprint density at radius 3 is 2.69 bits per heavy atom. The minimum absolute atomic E-state index is 0.514. The first-order valence-corrected chi connectivity index (χ1v) is 5.33. The molecule has 1 aromatic carbocycles. The molecular weight excluding hydrogens is 224 g/mol. The van der Waals surface area contributed by atoms with E-state index in [1.807, 2.05) is 42.1 Å². The number of aromatic nitrogens is 2. The number of nitrogens with zero attached hydrogens (tertiary/aromatic N) is 2. The van der Waals surface area contributed by atoms with Crippen LogP contribution >= 0.6 is 11.6 Å². The summed E-state index contributed by atoms with van der Waals surface area (Å²) < 4.78 is 1.81. The molecule has 0 radical (unpaired) electrons. The molecule has 5 heteroatoms. The third-order valence-corrected chi connectivity index (χ3v) is 2.48. The summed E-state index contributed by atoms with van der Waals surface area (Å²) in [5, 5.41) is 8.02. The first-order chi connectivity index (χ1) is 7.70. The zero-order valence-electron chi connectivity index (χ0n) is 8.94. The van der Waals surface area contributed by atoms with Gasteiger partial charge < -0.3 is 11.1 Å². The van der Waals surface area contributed by atoms with Crippen LogP contribution in [0.1, 0.15) is 5.69 Å². The van der Waals surface area contributed by atoms with Gasteiger partial charge in [0.25, 0.3) is 0 Å². The Hall–Kier alpha value is -1.52. The Labute approximate surface area is 99.0 Å². The van der Waals surface area contributed by atoms with Crippen LogP contribution in [0, 0.1) is 0 Å². The first kappa shape index (κ1) is 11.0. The van der Waals surface area contributed by atoms with Crippen LogP contribution in [-0.4, -0.2) is 16.8 Å². The normalized spacial score (nSPS) is 10.6. The van der Waals surface area contributed by atoms with E-state index in [0.29, 0.717) is 17.4 Å². The molecule has 3 N–H and O–H groups in total. The number of rotatable bonds is 3. The molecule has 84 valence electrons. The molecule has 4 nitrogen and oxygen atoms in total. The molecular formula is C11H13ClN4. The third-order valence-electron chi connectivity index (χ3n) is 2.23. The second-order valence-electron chi connectivity index (χ2n) is 3.48. The van der Waals surface area contributed by atoms with Crippen LogP contribution < -0.4 is 11.1 Å². The lowest BCUT2D eigenvalue weighted by Crippen LogP contribution is -2.10. The number of hydrogen-bond acceptors (Lipinski definition) is 3. The van der Waals surface area contributed by atoms with Crippen molar-refractivity contribution in [2.75, 3.05) is 12.8 Å². The topological polar surface area (TPSA) is 55.9 Å². The predicted octanol–water partition coefficient (Wildman–Crippen LogP) is 1.83. The second kappa shape index (κ2) is 4.55. The van der Waals surface area contributed by atoms with E-state index >= 15 is 0 Å². The van der Waals surface area contributed by atoms with Gasteiger partial charge in [0.1, 0.15) is 5.82 Å². The summed E-state index contributed by atoms with van der Waals surface area (Å²) in [6.45, 7) is 0.715. The van der Waals surface area contributed by atoms with E-state index in [1.54, 1.807) is 0 Å².